The van der Waals surface area contributed by atoms with E-state index < -0.39 is 0 Å². The van der Waals surface area contributed by atoms with Crippen molar-refractivity contribution in [2.75, 3.05) is 13.2 Å². The van der Waals surface area contributed by atoms with Crippen LogP contribution in [0.2, 0.25) is 0 Å². The zero-order valence-electron chi connectivity index (χ0n) is 9.17. The zero-order valence-corrected chi connectivity index (χ0v) is 10.8. The molecule has 0 aromatic carbocycles. The van der Waals surface area contributed by atoms with Crippen molar-refractivity contribution >= 4 is 34.8 Å². The van der Waals surface area contributed by atoms with E-state index in [1.807, 2.05) is 0 Å². The summed E-state index contributed by atoms with van der Waals surface area (Å²) in [6, 6.07) is 8.35. The predicted octanol–water partition coefficient (Wildman–Crippen LogP) is 4.03. The van der Waals surface area contributed by atoms with Crippen LogP contribution < -0.4 is 0 Å². The zero-order chi connectivity index (χ0) is 11.5. The van der Waals surface area contributed by atoms with Gasteiger partial charge in [0.2, 0.25) is 0 Å². The molecule has 0 atom stereocenters. The van der Waals surface area contributed by atoms with Gasteiger partial charge in [-0.1, -0.05) is 6.07 Å². The lowest BCUT2D eigenvalue weighted by atomic mass is 10.3. The summed E-state index contributed by atoms with van der Waals surface area (Å²) >= 11 is 3.46. The highest BCUT2D eigenvalue weighted by molar-refractivity contribution is 7.13. The van der Waals surface area contributed by atoms with Crippen molar-refractivity contribution in [1.29, 1.82) is 0 Å². The standard InChI is InChI=1S/C13H12O2S2/c1-2-10(16-9-1)3-4-11-5-6-12(17-11)13-14-7-8-15-13/h1-6,9,13H,7-8H2/b4-3+. The Bertz CT molecular complexity index is 493. The fourth-order valence-electron chi connectivity index (χ4n) is 1.66. The van der Waals surface area contributed by atoms with Gasteiger partial charge in [-0.15, -0.1) is 22.7 Å². The van der Waals surface area contributed by atoms with Gasteiger partial charge < -0.3 is 9.47 Å². The highest BCUT2D eigenvalue weighted by Gasteiger charge is 2.19. The van der Waals surface area contributed by atoms with E-state index in [1.165, 1.54) is 9.75 Å². The molecule has 2 aromatic heterocycles. The van der Waals surface area contributed by atoms with Gasteiger partial charge in [0, 0.05) is 9.75 Å². The summed E-state index contributed by atoms with van der Waals surface area (Å²) in [6.45, 7) is 1.39. The highest BCUT2D eigenvalue weighted by Crippen LogP contribution is 2.30. The van der Waals surface area contributed by atoms with Crippen LogP contribution in [0.15, 0.2) is 29.6 Å². The molecule has 0 saturated carbocycles. The molecular weight excluding hydrogens is 252 g/mol. The highest BCUT2D eigenvalue weighted by atomic mass is 32.1. The first-order valence-electron chi connectivity index (χ1n) is 5.46. The van der Waals surface area contributed by atoms with Crippen molar-refractivity contribution in [2.24, 2.45) is 0 Å². The molecule has 1 aliphatic heterocycles. The molecule has 0 aliphatic carbocycles. The Hall–Kier alpha value is -0.940. The molecule has 1 saturated heterocycles. The second-order valence-electron chi connectivity index (χ2n) is 3.66. The number of rotatable bonds is 3. The molecule has 1 aliphatic rings. The van der Waals surface area contributed by atoms with Gasteiger partial charge in [0.15, 0.2) is 6.29 Å². The van der Waals surface area contributed by atoms with Crippen LogP contribution in [0, 0.1) is 0 Å². The third kappa shape index (κ3) is 2.66. The quantitative estimate of drug-likeness (QED) is 0.833. The van der Waals surface area contributed by atoms with E-state index in [4.69, 9.17) is 9.47 Å². The van der Waals surface area contributed by atoms with E-state index in [0.29, 0.717) is 13.2 Å². The molecule has 0 bridgehead atoms. The van der Waals surface area contributed by atoms with Crippen LogP contribution in [0.25, 0.3) is 12.2 Å². The third-order valence-electron chi connectivity index (χ3n) is 2.46. The minimum Gasteiger partial charge on any atom is -0.345 e. The molecule has 0 radical (unpaired) electrons. The molecule has 17 heavy (non-hydrogen) atoms. The summed E-state index contributed by atoms with van der Waals surface area (Å²) in [6.07, 6.45) is 4.12. The maximum absolute atomic E-state index is 5.47. The van der Waals surface area contributed by atoms with Crippen molar-refractivity contribution in [3.05, 3.63) is 44.3 Å². The minimum absolute atomic E-state index is 0.149. The predicted molar refractivity (Wildman–Crippen MR) is 72.2 cm³/mol. The first-order valence-corrected chi connectivity index (χ1v) is 7.16. The average molecular weight is 264 g/mol. The van der Waals surface area contributed by atoms with Gasteiger partial charge in [-0.25, -0.2) is 0 Å². The third-order valence-corrected chi connectivity index (χ3v) is 4.37. The lowest BCUT2D eigenvalue weighted by molar-refractivity contribution is -0.0413. The van der Waals surface area contributed by atoms with Crippen LogP contribution >= 0.6 is 22.7 Å². The van der Waals surface area contributed by atoms with Crippen LogP contribution in [-0.2, 0) is 9.47 Å². The molecule has 2 nitrogen and oxygen atoms in total. The van der Waals surface area contributed by atoms with Gasteiger partial charge in [0.05, 0.1) is 18.1 Å². The van der Waals surface area contributed by atoms with E-state index in [9.17, 15) is 0 Å². The van der Waals surface area contributed by atoms with Gasteiger partial charge in [-0.3, -0.25) is 0 Å². The van der Waals surface area contributed by atoms with Crippen LogP contribution in [0.3, 0.4) is 0 Å². The molecular formula is C13H12O2S2. The van der Waals surface area contributed by atoms with E-state index in [2.05, 4.69) is 41.8 Å². The second kappa shape index (κ2) is 5.14. The van der Waals surface area contributed by atoms with Crippen molar-refractivity contribution in [1.82, 2.24) is 0 Å². The fourth-order valence-corrected chi connectivity index (χ4v) is 3.19. The molecule has 0 amide bonds. The molecule has 0 spiro atoms. The largest absolute Gasteiger partial charge is 0.345 e. The summed E-state index contributed by atoms with van der Waals surface area (Å²) in [5.41, 5.74) is 0. The minimum atomic E-state index is -0.149. The second-order valence-corrected chi connectivity index (χ2v) is 5.79. The van der Waals surface area contributed by atoms with Crippen LogP contribution in [0.1, 0.15) is 20.9 Å². The maximum Gasteiger partial charge on any atom is 0.193 e. The summed E-state index contributed by atoms with van der Waals surface area (Å²) in [5.74, 6) is 0. The maximum atomic E-state index is 5.47. The molecule has 2 aromatic rings. The number of thiophene rings is 2. The summed E-state index contributed by atoms with van der Waals surface area (Å²) < 4.78 is 10.9. The van der Waals surface area contributed by atoms with Crippen LogP contribution in [0.5, 0.6) is 0 Å². The number of hydrogen-bond donors (Lipinski definition) is 0. The van der Waals surface area contributed by atoms with Gasteiger partial charge in [-0.05, 0) is 35.7 Å². The van der Waals surface area contributed by atoms with Gasteiger partial charge in [-0.2, -0.15) is 0 Å². The van der Waals surface area contributed by atoms with Gasteiger partial charge in [0.1, 0.15) is 0 Å². The van der Waals surface area contributed by atoms with E-state index in [0.717, 1.165) is 4.88 Å². The smallest absolute Gasteiger partial charge is 0.193 e. The van der Waals surface area contributed by atoms with Crippen molar-refractivity contribution in [3.8, 4) is 0 Å². The molecule has 3 rings (SSSR count). The fraction of sp³-hybridized carbons (Fsp3) is 0.231. The molecule has 0 unspecified atom stereocenters. The summed E-state index contributed by atoms with van der Waals surface area (Å²) in [5, 5.41) is 2.08. The Morgan fingerprint density at radius 2 is 1.88 bits per heavy atom. The summed E-state index contributed by atoms with van der Waals surface area (Å²) in [4.78, 5) is 3.65. The Morgan fingerprint density at radius 1 is 1.06 bits per heavy atom. The number of ether oxygens (including phenoxy) is 2. The van der Waals surface area contributed by atoms with Crippen molar-refractivity contribution in [2.45, 2.75) is 6.29 Å². The molecule has 4 heteroatoms. The van der Waals surface area contributed by atoms with Crippen molar-refractivity contribution in [3.63, 3.8) is 0 Å². The molecule has 3 heterocycles. The summed E-state index contributed by atoms with van der Waals surface area (Å²) in [7, 11) is 0. The average Bonchev–Trinajstić information content (AvgIpc) is 3.09. The topological polar surface area (TPSA) is 18.5 Å². The lowest BCUT2D eigenvalue weighted by Crippen LogP contribution is -1.93. The van der Waals surface area contributed by atoms with Gasteiger partial charge >= 0.3 is 0 Å². The Morgan fingerprint density at radius 3 is 2.65 bits per heavy atom. The van der Waals surface area contributed by atoms with Crippen LogP contribution in [-0.4, -0.2) is 13.2 Å². The lowest BCUT2D eigenvalue weighted by Gasteiger charge is -2.04. The Kier molecular flexibility index (Phi) is 3.38. The van der Waals surface area contributed by atoms with Crippen LogP contribution in [0.4, 0.5) is 0 Å². The number of hydrogen-bond acceptors (Lipinski definition) is 4. The molecule has 0 N–H and O–H groups in total. The SMILES string of the molecule is C(=C\c1ccc(C2OCCO2)s1)/c1cccs1. The normalized spacial score (nSPS) is 17.2. The first-order chi connectivity index (χ1) is 8.42. The van der Waals surface area contributed by atoms with E-state index >= 15 is 0 Å². The first kappa shape index (κ1) is 11.2. The van der Waals surface area contributed by atoms with Crippen molar-refractivity contribution < 1.29 is 9.47 Å². The molecule has 88 valence electrons. The Balaban J connectivity index is 1.72. The van der Waals surface area contributed by atoms with E-state index in [1.54, 1.807) is 22.7 Å². The molecule has 1 fully saturated rings. The Labute approximate surface area is 108 Å². The van der Waals surface area contributed by atoms with E-state index in [-0.39, 0.29) is 6.29 Å². The van der Waals surface area contributed by atoms with Gasteiger partial charge in [0.25, 0.3) is 0 Å². The monoisotopic (exact) mass is 264 g/mol.